The van der Waals surface area contributed by atoms with Crippen LogP contribution in [0.3, 0.4) is 0 Å². The number of unbranched alkanes of at least 4 members (excludes halogenated alkanes) is 3. The van der Waals surface area contributed by atoms with Gasteiger partial charge in [0.05, 0.1) is 0 Å². The van der Waals surface area contributed by atoms with E-state index in [-0.39, 0.29) is 0 Å². The third-order valence-electron chi connectivity index (χ3n) is 2.95. The van der Waals surface area contributed by atoms with E-state index in [1.165, 1.54) is 25.7 Å². The van der Waals surface area contributed by atoms with E-state index in [1.807, 2.05) is 0 Å². The van der Waals surface area contributed by atoms with Gasteiger partial charge in [0.2, 0.25) is 0 Å². The Kier molecular flexibility index (Phi) is 7.18. The van der Waals surface area contributed by atoms with Crippen LogP contribution in [0.25, 0.3) is 0 Å². The molecule has 5 nitrogen and oxygen atoms in total. The van der Waals surface area contributed by atoms with Crippen molar-refractivity contribution in [3.8, 4) is 0 Å². The number of rotatable bonds is 9. The minimum absolute atomic E-state index is 0.380. The minimum Gasteiger partial charge on any atom is -0.384 e. The first-order chi connectivity index (χ1) is 9.15. The van der Waals surface area contributed by atoms with Crippen molar-refractivity contribution >= 4 is 11.6 Å². The molecule has 108 valence electrons. The molecule has 1 unspecified atom stereocenters. The van der Waals surface area contributed by atoms with Crippen LogP contribution in [0, 0.1) is 0 Å². The van der Waals surface area contributed by atoms with Crippen LogP contribution < -0.4 is 11.1 Å². The molecule has 0 radical (unpaired) electrons. The van der Waals surface area contributed by atoms with E-state index in [2.05, 4.69) is 29.1 Å². The van der Waals surface area contributed by atoms with E-state index in [9.17, 15) is 0 Å². The van der Waals surface area contributed by atoms with Crippen molar-refractivity contribution in [1.29, 1.82) is 0 Å². The summed E-state index contributed by atoms with van der Waals surface area (Å²) in [5.41, 5.74) is 5.76. The number of nitrogen functional groups attached to an aromatic ring is 1. The van der Waals surface area contributed by atoms with Crippen molar-refractivity contribution in [1.82, 2.24) is 9.97 Å². The second kappa shape index (κ2) is 8.69. The summed E-state index contributed by atoms with van der Waals surface area (Å²) < 4.78 is 5.03. The first kappa shape index (κ1) is 15.7. The third-order valence-corrected chi connectivity index (χ3v) is 2.95. The summed E-state index contributed by atoms with van der Waals surface area (Å²) in [5.74, 6) is 1.87. The smallest absolute Gasteiger partial charge is 0.158 e. The molecule has 1 heterocycles. The number of nitrogens with zero attached hydrogens (tertiary/aromatic N) is 2. The number of methoxy groups -OCH3 is 1. The largest absolute Gasteiger partial charge is 0.384 e. The van der Waals surface area contributed by atoms with Crippen molar-refractivity contribution < 1.29 is 4.74 Å². The van der Waals surface area contributed by atoms with Crippen LogP contribution in [-0.2, 0) is 11.3 Å². The Labute approximate surface area is 116 Å². The zero-order valence-electron chi connectivity index (χ0n) is 12.3. The molecule has 0 spiro atoms. The fourth-order valence-corrected chi connectivity index (χ4v) is 1.99. The number of hydrogen-bond acceptors (Lipinski definition) is 5. The first-order valence-electron chi connectivity index (χ1n) is 7.04. The highest BCUT2D eigenvalue weighted by molar-refractivity contribution is 5.45. The Hall–Kier alpha value is -1.36. The van der Waals surface area contributed by atoms with Crippen molar-refractivity contribution in [2.24, 2.45) is 0 Å². The summed E-state index contributed by atoms with van der Waals surface area (Å²) in [6.45, 7) is 4.77. The molecular weight excluding hydrogens is 240 g/mol. The number of hydrogen-bond donors (Lipinski definition) is 2. The molecule has 1 aromatic rings. The maximum atomic E-state index is 5.76. The van der Waals surface area contributed by atoms with Crippen LogP contribution >= 0.6 is 0 Å². The number of anilines is 2. The van der Waals surface area contributed by atoms with Crippen LogP contribution in [0.4, 0.5) is 11.6 Å². The predicted octanol–water partition coefficient (Wildman–Crippen LogP) is 2.98. The molecule has 1 aromatic heterocycles. The number of aromatic nitrogens is 2. The molecule has 0 saturated carbocycles. The zero-order chi connectivity index (χ0) is 14.1. The fraction of sp³-hybridized carbons (Fsp3) is 0.714. The van der Waals surface area contributed by atoms with Gasteiger partial charge in [-0.05, 0) is 13.3 Å². The van der Waals surface area contributed by atoms with Gasteiger partial charge in [-0.1, -0.05) is 32.6 Å². The van der Waals surface area contributed by atoms with E-state index in [4.69, 9.17) is 10.5 Å². The lowest BCUT2D eigenvalue weighted by Gasteiger charge is -2.15. The molecule has 19 heavy (non-hydrogen) atoms. The Bertz CT molecular complexity index is 370. The molecule has 1 atom stereocenters. The monoisotopic (exact) mass is 266 g/mol. The lowest BCUT2D eigenvalue weighted by molar-refractivity contribution is 0.178. The molecule has 0 aliphatic carbocycles. The van der Waals surface area contributed by atoms with Gasteiger partial charge in [0.25, 0.3) is 0 Å². The highest BCUT2D eigenvalue weighted by atomic mass is 16.5. The Morgan fingerprint density at radius 2 is 2.11 bits per heavy atom. The van der Waals surface area contributed by atoms with E-state index in [1.54, 1.807) is 13.2 Å². The SMILES string of the molecule is CCCCCCC(C)Nc1cc(N)nc(COC)n1. The quantitative estimate of drug-likeness (QED) is 0.672. The molecule has 3 N–H and O–H groups in total. The van der Waals surface area contributed by atoms with Crippen molar-refractivity contribution in [2.45, 2.75) is 58.6 Å². The van der Waals surface area contributed by atoms with E-state index < -0.39 is 0 Å². The van der Waals surface area contributed by atoms with Gasteiger partial charge in [-0.25, -0.2) is 9.97 Å². The van der Waals surface area contributed by atoms with Gasteiger partial charge < -0.3 is 15.8 Å². The topological polar surface area (TPSA) is 73.1 Å². The molecule has 0 fully saturated rings. The van der Waals surface area contributed by atoms with Gasteiger partial charge >= 0.3 is 0 Å². The molecular formula is C14H26N4O. The van der Waals surface area contributed by atoms with Gasteiger partial charge in [0, 0.05) is 19.2 Å². The fourth-order valence-electron chi connectivity index (χ4n) is 1.99. The van der Waals surface area contributed by atoms with E-state index >= 15 is 0 Å². The van der Waals surface area contributed by atoms with Crippen LogP contribution in [0.2, 0.25) is 0 Å². The molecule has 0 amide bonds. The molecule has 1 rings (SSSR count). The van der Waals surface area contributed by atoms with Gasteiger partial charge in [-0.3, -0.25) is 0 Å². The number of nitrogens with two attached hydrogens (primary N) is 1. The van der Waals surface area contributed by atoms with E-state index in [0.717, 1.165) is 12.2 Å². The summed E-state index contributed by atoms with van der Waals surface area (Å²) in [4.78, 5) is 8.50. The normalized spacial score (nSPS) is 12.4. The van der Waals surface area contributed by atoms with Crippen molar-refractivity contribution in [3.63, 3.8) is 0 Å². The highest BCUT2D eigenvalue weighted by Gasteiger charge is 2.06. The average molecular weight is 266 g/mol. The number of ether oxygens (including phenoxy) is 1. The molecule has 0 aliphatic heterocycles. The second-order valence-corrected chi connectivity index (χ2v) is 4.92. The summed E-state index contributed by atoms with van der Waals surface area (Å²) in [6.07, 6.45) is 6.26. The molecule has 0 aromatic carbocycles. The second-order valence-electron chi connectivity index (χ2n) is 4.92. The first-order valence-corrected chi connectivity index (χ1v) is 7.04. The lowest BCUT2D eigenvalue weighted by atomic mass is 10.1. The Morgan fingerprint density at radius 1 is 1.32 bits per heavy atom. The maximum Gasteiger partial charge on any atom is 0.158 e. The van der Waals surface area contributed by atoms with Gasteiger partial charge in [0.15, 0.2) is 5.82 Å². The summed E-state index contributed by atoms with van der Waals surface area (Å²) >= 11 is 0. The van der Waals surface area contributed by atoms with Crippen LogP contribution in [0.15, 0.2) is 6.07 Å². The van der Waals surface area contributed by atoms with Crippen molar-refractivity contribution in [2.75, 3.05) is 18.2 Å². The average Bonchev–Trinajstić information content (AvgIpc) is 2.34. The van der Waals surface area contributed by atoms with Crippen LogP contribution in [0.1, 0.15) is 51.8 Å². The zero-order valence-corrected chi connectivity index (χ0v) is 12.3. The lowest BCUT2D eigenvalue weighted by Crippen LogP contribution is -2.17. The standard InChI is InChI=1S/C14H26N4O/c1-4-5-6-7-8-11(2)16-13-9-12(15)17-14(18-13)10-19-3/h9,11H,4-8,10H2,1-3H3,(H3,15,16,17,18). The van der Waals surface area contributed by atoms with Crippen LogP contribution in [-0.4, -0.2) is 23.1 Å². The maximum absolute atomic E-state index is 5.76. The molecule has 0 saturated heterocycles. The van der Waals surface area contributed by atoms with Crippen molar-refractivity contribution in [3.05, 3.63) is 11.9 Å². The molecule has 5 heteroatoms. The van der Waals surface area contributed by atoms with Gasteiger partial charge in [-0.15, -0.1) is 0 Å². The van der Waals surface area contributed by atoms with Gasteiger partial charge in [-0.2, -0.15) is 0 Å². The van der Waals surface area contributed by atoms with E-state index in [0.29, 0.717) is 24.3 Å². The predicted molar refractivity (Wildman–Crippen MR) is 79.0 cm³/mol. The molecule has 0 aliphatic rings. The Morgan fingerprint density at radius 3 is 2.79 bits per heavy atom. The third kappa shape index (κ3) is 6.38. The van der Waals surface area contributed by atoms with Gasteiger partial charge in [0.1, 0.15) is 18.2 Å². The summed E-state index contributed by atoms with van der Waals surface area (Å²) in [5, 5.41) is 3.37. The highest BCUT2D eigenvalue weighted by Crippen LogP contribution is 2.13. The minimum atomic E-state index is 0.380. The summed E-state index contributed by atoms with van der Waals surface area (Å²) in [7, 11) is 1.62. The van der Waals surface area contributed by atoms with Crippen LogP contribution in [0.5, 0.6) is 0 Å². The summed E-state index contributed by atoms with van der Waals surface area (Å²) in [6, 6.07) is 2.16. The molecule has 0 bridgehead atoms. The Balaban J connectivity index is 2.46. The number of nitrogens with one attached hydrogen (secondary N) is 1.